The van der Waals surface area contributed by atoms with Gasteiger partial charge in [-0.3, -0.25) is 14.2 Å². The summed E-state index contributed by atoms with van der Waals surface area (Å²) in [6.07, 6.45) is -0.778. The summed E-state index contributed by atoms with van der Waals surface area (Å²) >= 11 is 1.27. The first-order chi connectivity index (χ1) is 12.6. The SMILES string of the molecule is O=C(NCCn1c(=O)[nH]c2ccsc2c1=O)[C@H]1COc2ccccc2O1. The quantitative estimate of drug-likeness (QED) is 0.701. The third-order valence-electron chi connectivity index (χ3n) is 4.03. The summed E-state index contributed by atoms with van der Waals surface area (Å²) in [6, 6.07) is 8.80. The second-order valence-electron chi connectivity index (χ2n) is 5.71. The van der Waals surface area contributed by atoms with E-state index >= 15 is 0 Å². The van der Waals surface area contributed by atoms with Crippen LogP contribution in [0.2, 0.25) is 0 Å². The Balaban J connectivity index is 1.40. The van der Waals surface area contributed by atoms with Gasteiger partial charge in [0.1, 0.15) is 11.3 Å². The molecule has 0 fully saturated rings. The highest BCUT2D eigenvalue weighted by Crippen LogP contribution is 2.30. The van der Waals surface area contributed by atoms with Crippen LogP contribution in [-0.2, 0) is 11.3 Å². The lowest BCUT2D eigenvalue weighted by Crippen LogP contribution is -2.46. The predicted molar refractivity (Wildman–Crippen MR) is 96.1 cm³/mol. The molecule has 8 nitrogen and oxygen atoms in total. The smallest absolute Gasteiger partial charge is 0.328 e. The Labute approximate surface area is 151 Å². The molecule has 1 aromatic carbocycles. The maximum atomic E-state index is 12.3. The second-order valence-corrected chi connectivity index (χ2v) is 6.62. The van der Waals surface area contributed by atoms with Crippen molar-refractivity contribution in [3.05, 3.63) is 56.5 Å². The van der Waals surface area contributed by atoms with Gasteiger partial charge in [0.15, 0.2) is 11.5 Å². The molecule has 134 valence electrons. The van der Waals surface area contributed by atoms with Gasteiger partial charge in [0.2, 0.25) is 6.10 Å². The molecule has 1 aliphatic rings. The number of nitrogens with one attached hydrogen (secondary N) is 2. The molecule has 0 aliphatic carbocycles. The molecule has 0 bridgehead atoms. The summed E-state index contributed by atoms with van der Waals surface area (Å²) in [6.45, 7) is 0.294. The molecule has 3 heterocycles. The average Bonchev–Trinajstić information content (AvgIpc) is 3.12. The molecule has 9 heteroatoms. The topological polar surface area (TPSA) is 102 Å². The standard InChI is InChI=1S/C17H15N3O5S/c21-15(13-9-24-11-3-1-2-4-12(11)25-13)18-6-7-20-16(22)14-10(5-8-26-14)19-17(20)23/h1-5,8,13H,6-7,9H2,(H,18,21)(H,19,23)/t13-/m1/s1. The van der Waals surface area contributed by atoms with Gasteiger partial charge >= 0.3 is 5.69 Å². The normalized spacial score (nSPS) is 15.8. The molecular weight excluding hydrogens is 358 g/mol. The number of amides is 1. The highest BCUT2D eigenvalue weighted by atomic mass is 32.1. The highest BCUT2D eigenvalue weighted by molar-refractivity contribution is 7.17. The largest absolute Gasteiger partial charge is 0.485 e. The van der Waals surface area contributed by atoms with E-state index in [-0.39, 0.29) is 31.2 Å². The molecule has 4 rings (SSSR count). The van der Waals surface area contributed by atoms with Gasteiger partial charge in [0, 0.05) is 13.1 Å². The van der Waals surface area contributed by atoms with Crippen LogP contribution >= 0.6 is 11.3 Å². The molecular formula is C17H15N3O5S. The van der Waals surface area contributed by atoms with Crippen molar-refractivity contribution in [1.29, 1.82) is 0 Å². The van der Waals surface area contributed by atoms with Crippen LogP contribution in [0.15, 0.2) is 45.3 Å². The molecule has 0 saturated carbocycles. The Kier molecular flexibility index (Phi) is 4.21. The molecule has 0 radical (unpaired) electrons. The average molecular weight is 373 g/mol. The van der Waals surface area contributed by atoms with E-state index in [1.54, 1.807) is 29.6 Å². The number of para-hydroxylation sites is 2. The lowest BCUT2D eigenvalue weighted by Gasteiger charge is -2.25. The fourth-order valence-electron chi connectivity index (χ4n) is 2.73. The number of fused-ring (bicyclic) bond motifs is 2. The van der Waals surface area contributed by atoms with Gasteiger partial charge in [-0.05, 0) is 23.6 Å². The molecule has 1 aliphatic heterocycles. The summed E-state index contributed by atoms with van der Waals surface area (Å²) in [4.78, 5) is 39.2. The van der Waals surface area contributed by atoms with E-state index in [0.717, 1.165) is 4.57 Å². The number of carbonyl (C=O) groups is 1. The Morgan fingerprint density at radius 1 is 1.27 bits per heavy atom. The van der Waals surface area contributed by atoms with Crippen molar-refractivity contribution in [1.82, 2.24) is 14.9 Å². The van der Waals surface area contributed by atoms with E-state index < -0.39 is 11.8 Å². The fraction of sp³-hybridized carbons (Fsp3) is 0.235. The zero-order valence-electron chi connectivity index (χ0n) is 13.6. The maximum absolute atomic E-state index is 12.3. The van der Waals surface area contributed by atoms with Gasteiger partial charge < -0.3 is 19.8 Å². The lowest BCUT2D eigenvalue weighted by molar-refractivity contribution is -0.130. The minimum absolute atomic E-state index is 0.0674. The minimum atomic E-state index is -0.778. The van der Waals surface area contributed by atoms with Crippen molar-refractivity contribution in [2.24, 2.45) is 0 Å². The van der Waals surface area contributed by atoms with Gasteiger partial charge in [-0.25, -0.2) is 4.79 Å². The monoisotopic (exact) mass is 373 g/mol. The Hall–Kier alpha value is -3.07. The number of ether oxygens (including phenoxy) is 2. The summed E-state index contributed by atoms with van der Waals surface area (Å²) in [5.41, 5.74) is -0.336. The van der Waals surface area contributed by atoms with Crippen LogP contribution in [0.1, 0.15) is 0 Å². The van der Waals surface area contributed by atoms with Crippen LogP contribution in [0.3, 0.4) is 0 Å². The first-order valence-electron chi connectivity index (χ1n) is 8.00. The molecule has 3 aromatic rings. The number of nitrogens with zero attached hydrogens (tertiary/aromatic N) is 1. The molecule has 2 aromatic heterocycles. The predicted octanol–water partition coefficient (Wildman–Crippen LogP) is 0.707. The van der Waals surface area contributed by atoms with Crippen LogP contribution < -0.4 is 26.0 Å². The zero-order chi connectivity index (χ0) is 18.1. The van der Waals surface area contributed by atoms with Crippen LogP contribution in [-0.4, -0.2) is 34.7 Å². The number of H-pyrrole nitrogens is 1. The Morgan fingerprint density at radius 3 is 2.92 bits per heavy atom. The van der Waals surface area contributed by atoms with Crippen molar-refractivity contribution >= 4 is 27.5 Å². The Morgan fingerprint density at radius 2 is 2.08 bits per heavy atom. The van der Waals surface area contributed by atoms with E-state index in [1.165, 1.54) is 11.3 Å². The van der Waals surface area contributed by atoms with Gasteiger partial charge in [0.05, 0.1) is 5.52 Å². The third kappa shape index (κ3) is 2.97. The van der Waals surface area contributed by atoms with Crippen LogP contribution in [0, 0.1) is 0 Å². The van der Waals surface area contributed by atoms with Crippen molar-refractivity contribution < 1.29 is 14.3 Å². The second kappa shape index (κ2) is 6.68. The number of aromatic nitrogens is 2. The number of thiophene rings is 1. The summed E-state index contributed by atoms with van der Waals surface area (Å²) in [5.74, 6) is 0.745. The van der Waals surface area contributed by atoms with Crippen LogP contribution in [0.4, 0.5) is 0 Å². The molecule has 0 spiro atoms. The van der Waals surface area contributed by atoms with E-state index in [0.29, 0.717) is 21.7 Å². The molecule has 1 amide bonds. The van der Waals surface area contributed by atoms with E-state index in [1.807, 2.05) is 6.07 Å². The molecule has 0 unspecified atom stereocenters. The third-order valence-corrected chi connectivity index (χ3v) is 4.93. The van der Waals surface area contributed by atoms with Crippen molar-refractivity contribution in [2.75, 3.05) is 13.2 Å². The number of hydrogen-bond donors (Lipinski definition) is 2. The number of benzene rings is 1. The van der Waals surface area contributed by atoms with Gasteiger partial charge in [-0.15, -0.1) is 11.3 Å². The lowest BCUT2D eigenvalue weighted by atomic mass is 10.2. The first-order valence-corrected chi connectivity index (χ1v) is 8.88. The maximum Gasteiger partial charge on any atom is 0.328 e. The van der Waals surface area contributed by atoms with E-state index in [4.69, 9.17) is 9.47 Å². The van der Waals surface area contributed by atoms with Crippen LogP contribution in [0.25, 0.3) is 10.2 Å². The van der Waals surface area contributed by atoms with Crippen LogP contribution in [0.5, 0.6) is 11.5 Å². The van der Waals surface area contributed by atoms with Crippen molar-refractivity contribution in [3.63, 3.8) is 0 Å². The first kappa shape index (κ1) is 16.4. The van der Waals surface area contributed by atoms with E-state index in [9.17, 15) is 14.4 Å². The van der Waals surface area contributed by atoms with E-state index in [2.05, 4.69) is 10.3 Å². The van der Waals surface area contributed by atoms with Gasteiger partial charge in [0.25, 0.3) is 11.5 Å². The number of aromatic amines is 1. The summed E-state index contributed by atoms with van der Waals surface area (Å²) in [5, 5.41) is 4.42. The number of carbonyl (C=O) groups excluding carboxylic acids is 1. The number of rotatable bonds is 4. The minimum Gasteiger partial charge on any atom is -0.485 e. The fourth-order valence-corrected chi connectivity index (χ4v) is 3.52. The molecule has 2 N–H and O–H groups in total. The summed E-state index contributed by atoms with van der Waals surface area (Å²) < 4.78 is 12.7. The van der Waals surface area contributed by atoms with Crippen molar-refractivity contribution in [3.8, 4) is 11.5 Å². The zero-order valence-corrected chi connectivity index (χ0v) is 14.4. The van der Waals surface area contributed by atoms with Gasteiger partial charge in [-0.2, -0.15) is 0 Å². The highest BCUT2D eigenvalue weighted by Gasteiger charge is 2.26. The molecule has 26 heavy (non-hydrogen) atoms. The Bertz CT molecular complexity index is 1080. The van der Waals surface area contributed by atoms with Crippen molar-refractivity contribution in [2.45, 2.75) is 12.6 Å². The molecule has 0 saturated heterocycles. The molecule has 1 atom stereocenters. The number of hydrogen-bond acceptors (Lipinski definition) is 6. The summed E-state index contributed by atoms with van der Waals surface area (Å²) in [7, 11) is 0. The van der Waals surface area contributed by atoms with Gasteiger partial charge in [-0.1, -0.05) is 12.1 Å².